The van der Waals surface area contributed by atoms with Crippen LogP contribution >= 0.6 is 35.0 Å². The van der Waals surface area contributed by atoms with Crippen molar-refractivity contribution >= 4 is 57.8 Å². The first-order valence-corrected chi connectivity index (χ1v) is 13.3. The Hall–Kier alpha value is -3.52. The van der Waals surface area contributed by atoms with E-state index in [-0.39, 0.29) is 11.7 Å². The number of ether oxygens (including phenoxy) is 1. The lowest BCUT2D eigenvalue weighted by atomic mass is 10.2. The average molecular weight is 566 g/mol. The van der Waals surface area contributed by atoms with Gasteiger partial charge in [-0.3, -0.25) is 4.79 Å². The Kier molecular flexibility index (Phi) is 7.61. The number of thioether (sulfide) groups is 1. The SMILES string of the molecule is Cc1cc(/C=C2/SC(=Nc3cccc(Cl)c3Cl)NC2=O)c(C)n1-c1ccc(OCc2ccc(F)cc2)cc1. The second-order valence-corrected chi connectivity index (χ2v) is 10.4. The summed E-state index contributed by atoms with van der Waals surface area (Å²) in [5.74, 6) is 0.224. The molecule has 1 aliphatic rings. The molecular formula is C29H22Cl2FN3O2S. The molecule has 4 aromatic rings. The zero-order valence-corrected chi connectivity index (χ0v) is 22.8. The van der Waals surface area contributed by atoms with Crippen LogP contribution in [0.1, 0.15) is 22.5 Å². The van der Waals surface area contributed by atoms with Crippen LogP contribution in [0.5, 0.6) is 5.75 Å². The van der Waals surface area contributed by atoms with Gasteiger partial charge in [-0.25, -0.2) is 9.38 Å². The van der Waals surface area contributed by atoms with Gasteiger partial charge in [0.05, 0.1) is 20.6 Å². The van der Waals surface area contributed by atoms with Crippen molar-refractivity contribution in [2.75, 3.05) is 0 Å². The molecule has 0 unspecified atom stereocenters. The van der Waals surface area contributed by atoms with E-state index in [1.54, 1.807) is 30.3 Å². The lowest BCUT2D eigenvalue weighted by molar-refractivity contribution is -0.115. The van der Waals surface area contributed by atoms with Crippen molar-refractivity contribution in [1.82, 2.24) is 9.88 Å². The molecular weight excluding hydrogens is 544 g/mol. The number of amides is 1. The fourth-order valence-electron chi connectivity index (χ4n) is 4.08. The topological polar surface area (TPSA) is 55.6 Å². The van der Waals surface area contributed by atoms with E-state index in [0.29, 0.717) is 38.2 Å². The summed E-state index contributed by atoms with van der Waals surface area (Å²) in [4.78, 5) is 17.6. The second-order valence-electron chi connectivity index (χ2n) is 8.63. The first-order valence-electron chi connectivity index (χ1n) is 11.7. The number of carbonyl (C=O) groups is 1. The Morgan fingerprint density at radius 1 is 1.05 bits per heavy atom. The first-order chi connectivity index (χ1) is 18.3. The molecule has 0 saturated carbocycles. The van der Waals surface area contributed by atoms with Gasteiger partial charge in [0.2, 0.25) is 0 Å². The van der Waals surface area contributed by atoms with Gasteiger partial charge in [-0.2, -0.15) is 0 Å². The summed E-state index contributed by atoms with van der Waals surface area (Å²) in [5.41, 5.74) is 5.30. The van der Waals surface area contributed by atoms with E-state index in [2.05, 4.69) is 14.9 Å². The van der Waals surface area contributed by atoms with Crippen LogP contribution in [0.3, 0.4) is 0 Å². The summed E-state index contributed by atoms with van der Waals surface area (Å²) in [6.07, 6.45) is 1.86. The van der Waals surface area contributed by atoms with Gasteiger partial charge < -0.3 is 14.6 Å². The van der Waals surface area contributed by atoms with Gasteiger partial charge in [0.15, 0.2) is 5.17 Å². The summed E-state index contributed by atoms with van der Waals surface area (Å²) < 4.78 is 21.1. The lowest BCUT2D eigenvalue weighted by Gasteiger charge is -2.11. The predicted molar refractivity (Wildman–Crippen MR) is 153 cm³/mol. The number of hydrogen-bond acceptors (Lipinski definition) is 4. The van der Waals surface area contributed by atoms with Crippen LogP contribution in [-0.4, -0.2) is 15.6 Å². The van der Waals surface area contributed by atoms with E-state index in [4.69, 9.17) is 27.9 Å². The number of aliphatic imine (C=N–C) groups is 1. The second kappa shape index (κ2) is 11.1. The van der Waals surface area contributed by atoms with E-state index >= 15 is 0 Å². The molecule has 5 rings (SSSR count). The molecule has 38 heavy (non-hydrogen) atoms. The maximum Gasteiger partial charge on any atom is 0.264 e. The third-order valence-corrected chi connectivity index (χ3v) is 7.69. The first kappa shape index (κ1) is 26.1. The monoisotopic (exact) mass is 565 g/mol. The Labute approximate surface area is 233 Å². The third-order valence-electron chi connectivity index (χ3n) is 5.97. The van der Waals surface area contributed by atoms with E-state index < -0.39 is 0 Å². The highest BCUT2D eigenvalue weighted by atomic mass is 35.5. The molecule has 9 heteroatoms. The highest BCUT2D eigenvalue weighted by Crippen LogP contribution is 2.35. The molecule has 0 spiro atoms. The Morgan fingerprint density at radius 3 is 2.53 bits per heavy atom. The van der Waals surface area contributed by atoms with Gasteiger partial charge in [-0.15, -0.1) is 0 Å². The number of halogens is 3. The highest BCUT2D eigenvalue weighted by Gasteiger charge is 2.25. The molecule has 0 atom stereocenters. The minimum absolute atomic E-state index is 0.223. The summed E-state index contributed by atoms with van der Waals surface area (Å²) in [7, 11) is 0. The number of benzene rings is 3. The molecule has 3 aromatic carbocycles. The van der Waals surface area contributed by atoms with Crippen LogP contribution in [0, 0.1) is 19.7 Å². The number of rotatable bonds is 6. The van der Waals surface area contributed by atoms with Crippen molar-refractivity contribution < 1.29 is 13.9 Å². The van der Waals surface area contributed by atoms with Crippen molar-refractivity contribution in [2.24, 2.45) is 4.99 Å². The van der Waals surface area contributed by atoms with E-state index in [0.717, 1.165) is 28.2 Å². The number of amidine groups is 1. The molecule has 0 aliphatic carbocycles. The van der Waals surface area contributed by atoms with Gasteiger partial charge in [-0.1, -0.05) is 41.4 Å². The molecule has 1 fully saturated rings. The Balaban J connectivity index is 1.33. The van der Waals surface area contributed by atoms with Gasteiger partial charge in [0.25, 0.3) is 5.91 Å². The van der Waals surface area contributed by atoms with Gasteiger partial charge in [-0.05, 0) is 97.4 Å². The summed E-state index contributed by atoms with van der Waals surface area (Å²) >= 11 is 13.6. The van der Waals surface area contributed by atoms with Crippen molar-refractivity contribution in [3.8, 4) is 11.4 Å². The molecule has 0 radical (unpaired) electrons. The number of carbonyl (C=O) groups excluding carboxylic acids is 1. The van der Waals surface area contributed by atoms with Crippen LogP contribution in [0.4, 0.5) is 10.1 Å². The summed E-state index contributed by atoms with van der Waals surface area (Å²) in [6, 6.07) is 21.2. The molecule has 1 saturated heterocycles. The molecule has 2 heterocycles. The summed E-state index contributed by atoms with van der Waals surface area (Å²) in [6.45, 7) is 4.38. The van der Waals surface area contributed by atoms with Crippen molar-refractivity contribution in [3.05, 3.63) is 116 Å². The van der Waals surface area contributed by atoms with E-state index in [1.807, 2.05) is 50.3 Å². The highest BCUT2D eigenvalue weighted by molar-refractivity contribution is 8.18. The minimum atomic E-state index is -0.270. The van der Waals surface area contributed by atoms with Crippen LogP contribution < -0.4 is 10.1 Å². The number of aryl methyl sites for hydroxylation is 1. The fraction of sp³-hybridized carbons (Fsp3) is 0.103. The zero-order chi connectivity index (χ0) is 26.8. The molecule has 5 nitrogen and oxygen atoms in total. The zero-order valence-electron chi connectivity index (χ0n) is 20.5. The standard InChI is InChI=1S/C29H22Cl2FN3O2S/c1-17-14-20(15-26-28(36)34-29(38-26)33-25-5-3-4-24(30)27(25)31)18(2)35(17)22-10-12-23(13-11-22)37-16-19-6-8-21(32)9-7-19/h3-15H,16H2,1-2H3,(H,33,34,36)/b26-15+. The largest absolute Gasteiger partial charge is 0.489 e. The van der Waals surface area contributed by atoms with Gasteiger partial charge in [0.1, 0.15) is 18.2 Å². The normalized spacial score (nSPS) is 15.3. The number of nitrogens with one attached hydrogen (secondary N) is 1. The maximum absolute atomic E-state index is 13.1. The Morgan fingerprint density at radius 2 is 1.79 bits per heavy atom. The number of nitrogens with zero attached hydrogens (tertiary/aromatic N) is 2. The smallest absolute Gasteiger partial charge is 0.264 e. The molecule has 1 amide bonds. The van der Waals surface area contributed by atoms with E-state index in [1.165, 1.54) is 23.9 Å². The maximum atomic E-state index is 13.1. The average Bonchev–Trinajstić information content (AvgIpc) is 3.39. The molecule has 192 valence electrons. The lowest BCUT2D eigenvalue weighted by Crippen LogP contribution is -2.19. The van der Waals surface area contributed by atoms with Crippen LogP contribution in [0.15, 0.2) is 82.7 Å². The predicted octanol–water partition coefficient (Wildman–Crippen LogP) is 8.01. The van der Waals surface area contributed by atoms with Gasteiger partial charge in [0, 0.05) is 17.1 Å². The third kappa shape index (κ3) is 5.65. The van der Waals surface area contributed by atoms with Crippen molar-refractivity contribution in [2.45, 2.75) is 20.5 Å². The van der Waals surface area contributed by atoms with Gasteiger partial charge >= 0.3 is 0 Å². The van der Waals surface area contributed by atoms with Crippen molar-refractivity contribution in [3.63, 3.8) is 0 Å². The van der Waals surface area contributed by atoms with Crippen LogP contribution in [-0.2, 0) is 11.4 Å². The van der Waals surface area contributed by atoms with Crippen LogP contribution in [0.25, 0.3) is 11.8 Å². The minimum Gasteiger partial charge on any atom is -0.489 e. The number of aromatic nitrogens is 1. The van der Waals surface area contributed by atoms with E-state index in [9.17, 15) is 9.18 Å². The summed E-state index contributed by atoms with van der Waals surface area (Å²) in [5, 5.41) is 3.97. The molecule has 0 bridgehead atoms. The van der Waals surface area contributed by atoms with Crippen molar-refractivity contribution in [1.29, 1.82) is 0 Å². The molecule has 1 N–H and O–H groups in total. The fourth-order valence-corrected chi connectivity index (χ4v) is 5.24. The quantitative estimate of drug-likeness (QED) is 0.241. The van der Waals surface area contributed by atoms with Crippen LogP contribution in [0.2, 0.25) is 10.0 Å². The molecule has 1 aromatic heterocycles. The number of hydrogen-bond donors (Lipinski definition) is 1. The molecule has 1 aliphatic heterocycles. The Bertz CT molecular complexity index is 1580.